The lowest BCUT2D eigenvalue weighted by Gasteiger charge is -2.30. The maximum atomic E-state index is 13.7. The van der Waals surface area contributed by atoms with Gasteiger partial charge in [0.2, 0.25) is 23.6 Å². The fourth-order valence-electron chi connectivity index (χ4n) is 5.74. The molecule has 0 unspecified atom stereocenters. The van der Waals surface area contributed by atoms with Crippen LogP contribution in [-0.4, -0.2) is 70.1 Å². The van der Waals surface area contributed by atoms with Crippen molar-refractivity contribution in [3.63, 3.8) is 0 Å². The summed E-state index contributed by atoms with van der Waals surface area (Å²) in [7, 11) is 0. The van der Waals surface area contributed by atoms with E-state index in [4.69, 9.17) is 0 Å². The zero-order valence-corrected chi connectivity index (χ0v) is 29.8. The number of amides is 4. The first kappa shape index (κ1) is 39.7. The van der Waals surface area contributed by atoms with Gasteiger partial charge < -0.3 is 31.5 Å². The van der Waals surface area contributed by atoms with Crippen molar-refractivity contribution in [1.29, 1.82) is 0 Å². The Morgan fingerprint density at radius 1 is 0.640 bits per heavy atom. The van der Waals surface area contributed by atoms with E-state index in [9.17, 15) is 34.2 Å². The number of benzene rings is 3. The number of aliphatic hydroxyl groups excluding tert-OH is 1. The minimum atomic E-state index is -1.36. The number of carboxylic acids is 1. The van der Waals surface area contributed by atoms with Gasteiger partial charge in [-0.1, -0.05) is 121 Å². The lowest BCUT2D eigenvalue weighted by atomic mass is 9.95. The molecule has 0 aliphatic rings. The summed E-state index contributed by atoms with van der Waals surface area (Å²) in [5.74, 6) is -4.27. The van der Waals surface area contributed by atoms with Gasteiger partial charge in [-0.05, 0) is 46.1 Å². The molecule has 6 atom stereocenters. The first-order valence-corrected chi connectivity index (χ1v) is 17.3. The Kier molecular flexibility index (Phi) is 14.9. The Hall–Kier alpha value is -4.77. The second kappa shape index (κ2) is 18.8. The molecule has 270 valence electrons. The number of hydrogen-bond acceptors (Lipinski definition) is 6. The minimum absolute atomic E-state index is 0.0763. The number of hydrogen-bond donors (Lipinski definition) is 6. The molecule has 0 fully saturated rings. The lowest BCUT2D eigenvalue weighted by Crippen LogP contribution is -2.57. The lowest BCUT2D eigenvalue weighted by molar-refractivity contribution is -0.143. The Balaban J connectivity index is 1.74. The van der Waals surface area contributed by atoms with E-state index < -0.39 is 60.4 Å². The maximum absolute atomic E-state index is 13.7. The zero-order chi connectivity index (χ0) is 37.0. The van der Waals surface area contributed by atoms with E-state index in [-0.39, 0.29) is 36.5 Å². The molecule has 11 heteroatoms. The molecule has 0 radical (unpaired) electrons. The first-order chi connectivity index (χ1) is 23.7. The fourth-order valence-corrected chi connectivity index (χ4v) is 5.74. The summed E-state index contributed by atoms with van der Waals surface area (Å²) in [6.45, 7) is 10.6. The predicted molar refractivity (Wildman–Crippen MR) is 193 cm³/mol. The third kappa shape index (κ3) is 11.7. The molecule has 0 aliphatic carbocycles. The van der Waals surface area contributed by atoms with Crippen LogP contribution < -0.4 is 21.3 Å². The van der Waals surface area contributed by atoms with Crippen LogP contribution in [0.5, 0.6) is 0 Å². The van der Waals surface area contributed by atoms with Gasteiger partial charge in [-0.2, -0.15) is 0 Å². The molecule has 0 aliphatic heterocycles. The van der Waals surface area contributed by atoms with E-state index in [0.29, 0.717) is 6.42 Å². The molecule has 50 heavy (non-hydrogen) atoms. The van der Waals surface area contributed by atoms with Crippen LogP contribution in [0, 0.1) is 17.8 Å². The van der Waals surface area contributed by atoms with Crippen molar-refractivity contribution in [3.05, 3.63) is 83.9 Å². The Bertz CT molecular complexity index is 1610. The van der Waals surface area contributed by atoms with E-state index >= 15 is 0 Å². The monoisotopic (exact) mass is 688 g/mol. The van der Waals surface area contributed by atoms with Crippen molar-refractivity contribution in [2.24, 2.45) is 17.8 Å². The number of fused-ring (bicyclic) bond motifs is 1. The molecule has 3 rings (SSSR count). The third-order valence-electron chi connectivity index (χ3n) is 8.97. The molecule has 0 spiro atoms. The largest absolute Gasteiger partial charge is 0.480 e. The molecule has 0 saturated heterocycles. The van der Waals surface area contributed by atoms with E-state index in [1.165, 1.54) is 0 Å². The van der Waals surface area contributed by atoms with E-state index in [0.717, 1.165) is 21.9 Å². The molecule has 4 amide bonds. The van der Waals surface area contributed by atoms with Crippen LogP contribution in [0.1, 0.15) is 65.5 Å². The molecule has 6 N–H and O–H groups in total. The number of aliphatic carboxylic acids is 1. The quantitative estimate of drug-likeness (QED) is 0.118. The average molecular weight is 689 g/mol. The van der Waals surface area contributed by atoms with Crippen LogP contribution in [0.4, 0.5) is 0 Å². The number of carbonyl (C=O) groups excluding carboxylic acids is 4. The Morgan fingerprint density at radius 2 is 1.22 bits per heavy atom. The molecule has 0 heterocycles. The summed E-state index contributed by atoms with van der Waals surface area (Å²) in [6.07, 6.45) is -1.00. The highest BCUT2D eigenvalue weighted by Crippen LogP contribution is 2.17. The van der Waals surface area contributed by atoms with Crippen molar-refractivity contribution in [2.45, 2.75) is 97.5 Å². The molecule has 3 aromatic carbocycles. The third-order valence-corrected chi connectivity index (χ3v) is 8.97. The summed E-state index contributed by atoms with van der Waals surface area (Å²) in [6, 6.07) is 18.8. The van der Waals surface area contributed by atoms with Gasteiger partial charge in [-0.3, -0.25) is 19.2 Å². The Morgan fingerprint density at radius 3 is 1.82 bits per heavy atom. The average Bonchev–Trinajstić information content (AvgIpc) is 3.07. The van der Waals surface area contributed by atoms with Crippen molar-refractivity contribution in [2.75, 3.05) is 0 Å². The standard InChI is InChI=1S/C39H52N4O7/c1-7-25(6)36(38(48)43-35(24(4)5)39(49)50)42-33(46)22-31(44)30(20-26-13-9-8-10-14-26)40-37(47)34(23(2)3)41-32(45)21-27-17-18-28-15-11-12-16-29(28)19-27/h8-19,23-25,30-31,34-36,44H,7,20-22H2,1-6H3,(H,40,47)(H,41,45)(H,42,46)(H,43,48)(H,49,50)/t25-,30-,31-,34-,35-,36-/m0/s1. The van der Waals surface area contributed by atoms with Crippen LogP contribution in [0.2, 0.25) is 0 Å². The van der Waals surface area contributed by atoms with Crippen LogP contribution in [0.25, 0.3) is 10.8 Å². The smallest absolute Gasteiger partial charge is 0.326 e. The molecule has 0 aromatic heterocycles. The summed E-state index contributed by atoms with van der Waals surface area (Å²) >= 11 is 0. The predicted octanol–water partition coefficient (Wildman–Crippen LogP) is 3.76. The highest BCUT2D eigenvalue weighted by atomic mass is 16.4. The van der Waals surface area contributed by atoms with Gasteiger partial charge in [0.1, 0.15) is 18.1 Å². The molecular formula is C39H52N4O7. The summed E-state index contributed by atoms with van der Waals surface area (Å²) in [4.78, 5) is 65.0. The second-order valence-corrected chi connectivity index (χ2v) is 13.7. The number of nitrogens with one attached hydrogen (secondary N) is 4. The number of carbonyl (C=O) groups is 5. The van der Waals surface area contributed by atoms with Crippen LogP contribution in [0.3, 0.4) is 0 Å². The van der Waals surface area contributed by atoms with Crippen molar-refractivity contribution in [3.8, 4) is 0 Å². The van der Waals surface area contributed by atoms with Gasteiger partial charge in [-0.15, -0.1) is 0 Å². The molecule has 11 nitrogen and oxygen atoms in total. The van der Waals surface area contributed by atoms with Gasteiger partial charge >= 0.3 is 5.97 Å². The highest BCUT2D eigenvalue weighted by Gasteiger charge is 2.33. The minimum Gasteiger partial charge on any atom is -0.480 e. The summed E-state index contributed by atoms with van der Waals surface area (Å²) in [5.41, 5.74) is 1.61. The SMILES string of the molecule is CC[C@H](C)[C@H](NC(=O)C[C@H](O)[C@H](Cc1ccccc1)NC(=O)[C@@H](NC(=O)Cc1ccc2ccccc2c1)C(C)C)C(=O)N[C@H](C(=O)O)C(C)C. The maximum Gasteiger partial charge on any atom is 0.326 e. The molecule has 0 saturated carbocycles. The van der Waals surface area contributed by atoms with Crippen LogP contribution in [0.15, 0.2) is 72.8 Å². The topological polar surface area (TPSA) is 174 Å². The summed E-state index contributed by atoms with van der Waals surface area (Å²) < 4.78 is 0. The van der Waals surface area contributed by atoms with Gasteiger partial charge in [0, 0.05) is 0 Å². The van der Waals surface area contributed by atoms with Gasteiger partial charge in [-0.25, -0.2) is 4.79 Å². The van der Waals surface area contributed by atoms with E-state index in [2.05, 4.69) is 21.3 Å². The van der Waals surface area contributed by atoms with Gasteiger partial charge in [0.15, 0.2) is 0 Å². The number of rotatable bonds is 18. The highest BCUT2D eigenvalue weighted by molar-refractivity contribution is 5.91. The zero-order valence-electron chi connectivity index (χ0n) is 29.8. The van der Waals surface area contributed by atoms with E-state index in [1.54, 1.807) is 20.8 Å². The number of aliphatic hydroxyl groups is 1. The van der Waals surface area contributed by atoms with Gasteiger partial charge in [0.25, 0.3) is 0 Å². The molecule has 0 bridgehead atoms. The van der Waals surface area contributed by atoms with Crippen LogP contribution >= 0.6 is 0 Å². The molecule has 3 aromatic rings. The summed E-state index contributed by atoms with van der Waals surface area (Å²) in [5, 5.41) is 33.9. The Labute approximate surface area is 294 Å². The van der Waals surface area contributed by atoms with Gasteiger partial charge in [0.05, 0.1) is 25.0 Å². The van der Waals surface area contributed by atoms with E-state index in [1.807, 2.05) is 93.6 Å². The van der Waals surface area contributed by atoms with Crippen molar-refractivity contribution >= 4 is 40.4 Å². The number of carboxylic acid groups (broad SMARTS) is 1. The first-order valence-electron chi connectivity index (χ1n) is 17.3. The van der Waals surface area contributed by atoms with Crippen molar-refractivity contribution in [1.82, 2.24) is 21.3 Å². The fraction of sp³-hybridized carbons (Fsp3) is 0.462. The van der Waals surface area contributed by atoms with Crippen molar-refractivity contribution < 1.29 is 34.2 Å². The second-order valence-electron chi connectivity index (χ2n) is 13.7. The van der Waals surface area contributed by atoms with Crippen LogP contribution in [-0.2, 0) is 36.8 Å². The molecular weight excluding hydrogens is 636 g/mol. The normalized spacial score (nSPS) is 15.0.